The first kappa shape index (κ1) is 17.6. The van der Waals surface area contributed by atoms with Crippen molar-refractivity contribution < 1.29 is 34.3 Å². The maximum absolute atomic E-state index is 11.9. The Balaban J connectivity index is 1.90. The fourth-order valence-electron chi connectivity index (χ4n) is 2.36. The second-order valence-corrected chi connectivity index (χ2v) is 5.18. The number of carbonyl (C=O) groups excluding carboxylic acids is 1. The standard InChI is InChI=1S/C15H21NO7/c1-21-14-11(12(19)13(23-14)10(18)7-17)16-15(20)22-8-9-5-3-2-4-6-9/h2-6,10-14,17-19H,7-8H2,1H3,(H,16,20)/t10-,11-,12-,13-,14-/m1/s1. The van der Waals surface area contributed by atoms with Crippen LogP contribution in [0.5, 0.6) is 0 Å². The summed E-state index contributed by atoms with van der Waals surface area (Å²) in [5, 5.41) is 31.2. The Labute approximate surface area is 133 Å². The van der Waals surface area contributed by atoms with Crippen LogP contribution in [0.4, 0.5) is 4.79 Å². The molecular weight excluding hydrogens is 306 g/mol. The van der Waals surface area contributed by atoms with Crippen LogP contribution in [-0.2, 0) is 20.8 Å². The number of hydrogen-bond acceptors (Lipinski definition) is 7. The molecule has 1 aromatic rings. The molecule has 1 heterocycles. The monoisotopic (exact) mass is 327 g/mol. The van der Waals surface area contributed by atoms with Crippen LogP contribution in [0.15, 0.2) is 30.3 Å². The van der Waals surface area contributed by atoms with Crippen molar-refractivity contribution in [2.24, 2.45) is 0 Å². The Kier molecular flexibility index (Phi) is 6.31. The largest absolute Gasteiger partial charge is 0.445 e. The number of rotatable bonds is 6. The molecule has 1 aromatic carbocycles. The van der Waals surface area contributed by atoms with Gasteiger partial charge in [0.1, 0.15) is 31.0 Å². The molecule has 0 aromatic heterocycles. The lowest BCUT2D eigenvalue weighted by atomic mass is 10.0. The molecule has 0 bridgehead atoms. The van der Waals surface area contributed by atoms with E-state index >= 15 is 0 Å². The van der Waals surface area contributed by atoms with E-state index in [2.05, 4.69) is 5.32 Å². The molecule has 1 aliphatic rings. The predicted octanol–water partition coefficient (Wildman–Crippen LogP) is -0.633. The van der Waals surface area contributed by atoms with E-state index in [1.165, 1.54) is 7.11 Å². The minimum Gasteiger partial charge on any atom is -0.445 e. The molecule has 0 spiro atoms. The molecule has 1 saturated heterocycles. The van der Waals surface area contributed by atoms with Gasteiger partial charge in [-0.2, -0.15) is 0 Å². The van der Waals surface area contributed by atoms with Gasteiger partial charge in [-0.05, 0) is 5.56 Å². The lowest BCUT2D eigenvalue weighted by Gasteiger charge is -2.21. The Hall–Kier alpha value is -1.71. The van der Waals surface area contributed by atoms with Crippen molar-refractivity contribution in [2.75, 3.05) is 13.7 Å². The fraction of sp³-hybridized carbons (Fsp3) is 0.533. The Morgan fingerprint density at radius 3 is 2.70 bits per heavy atom. The van der Waals surface area contributed by atoms with Gasteiger partial charge in [-0.1, -0.05) is 30.3 Å². The van der Waals surface area contributed by atoms with Crippen LogP contribution in [0, 0.1) is 0 Å². The van der Waals surface area contributed by atoms with E-state index in [9.17, 15) is 15.0 Å². The maximum Gasteiger partial charge on any atom is 0.407 e. The van der Waals surface area contributed by atoms with E-state index in [1.54, 1.807) is 0 Å². The van der Waals surface area contributed by atoms with Crippen LogP contribution >= 0.6 is 0 Å². The number of aliphatic hydroxyl groups excluding tert-OH is 3. The third kappa shape index (κ3) is 4.40. The topological polar surface area (TPSA) is 117 Å². The second kappa shape index (κ2) is 8.23. The number of alkyl carbamates (subject to hydrolysis) is 1. The lowest BCUT2D eigenvalue weighted by molar-refractivity contribution is -0.153. The molecule has 8 nitrogen and oxygen atoms in total. The smallest absolute Gasteiger partial charge is 0.407 e. The van der Waals surface area contributed by atoms with Crippen molar-refractivity contribution in [3.63, 3.8) is 0 Å². The van der Waals surface area contributed by atoms with Crippen LogP contribution in [-0.4, -0.2) is 65.8 Å². The number of carbonyl (C=O) groups is 1. The molecule has 0 saturated carbocycles. The maximum atomic E-state index is 11.9. The van der Waals surface area contributed by atoms with Crippen molar-refractivity contribution in [2.45, 2.75) is 37.3 Å². The van der Waals surface area contributed by atoms with Crippen molar-refractivity contribution in [1.29, 1.82) is 0 Å². The predicted molar refractivity (Wildman–Crippen MR) is 78.3 cm³/mol. The summed E-state index contributed by atoms with van der Waals surface area (Å²) in [5.41, 5.74) is 0.822. The molecule has 0 aliphatic carbocycles. The molecule has 1 amide bonds. The average Bonchev–Trinajstić information content (AvgIpc) is 2.89. The van der Waals surface area contributed by atoms with Crippen LogP contribution < -0.4 is 5.32 Å². The Morgan fingerprint density at radius 2 is 2.09 bits per heavy atom. The Bertz CT molecular complexity index is 498. The van der Waals surface area contributed by atoms with Gasteiger partial charge in [-0.25, -0.2) is 4.79 Å². The highest BCUT2D eigenvalue weighted by Crippen LogP contribution is 2.24. The van der Waals surface area contributed by atoms with Gasteiger partial charge in [0, 0.05) is 7.11 Å². The minimum atomic E-state index is -1.28. The summed E-state index contributed by atoms with van der Waals surface area (Å²) in [5.74, 6) is 0. The van der Waals surface area contributed by atoms with Crippen LogP contribution in [0.25, 0.3) is 0 Å². The molecule has 4 N–H and O–H groups in total. The van der Waals surface area contributed by atoms with Gasteiger partial charge in [-0.15, -0.1) is 0 Å². The molecule has 1 aliphatic heterocycles. The highest BCUT2D eigenvalue weighted by molar-refractivity contribution is 5.67. The zero-order valence-electron chi connectivity index (χ0n) is 12.7. The normalized spacial score (nSPS) is 28.3. The van der Waals surface area contributed by atoms with Gasteiger partial charge < -0.3 is 34.8 Å². The molecule has 23 heavy (non-hydrogen) atoms. The molecular formula is C15H21NO7. The highest BCUT2D eigenvalue weighted by atomic mass is 16.7. The summed E-state index contributed by atoms with van der Waals surface area (Å²) in [4.78, 5) is 11.9. The molecule has 5 atom stereocenters. The zero-order chi connectivity index (χ0) is 16.8. The van der Waals surface area contributed by atoms with Gasteiger partial charge >= 0.3 is 6.09 Å². The van der Waals surface area contributed by atoms with Gasteiger partial charge in [0.05, 0.1) is 6.61 Å². The number of nitrogens with one attached hydrogen (secondary N) is 1. The summed E-state index contributed by atoms with van der Waals surface area (Å²) in [6, 6.07) is 8.21. The molecule has 0 radical (unpaired) electrons. The molecule has 0 unspecified atom stereocenters. The highest BCUT2D eigenvalue weighted by Gasteiger charge is 2.47. The first-order chi connectivity index (χ1) is 11.1. The van der Waals surface area contributed by atoms with Crippen molar-refractivity contribution in [3.05, 3.63) is 35.9 Å². The zero-order valence-corrected chi connectivity index (χ0v) is 12.7. The number of amides is 1. The summed E-state index contributed by atoms with van der Waals surface area (Å²) >= 11 is 0. The molecule has 2 rings (SSSR count). The van der Waals surface area contributed by atoms with E-state index < -0.39 is 43.3 Å². The quantitative estimate of drug-likeness (QED) is 0.549. The van der Waals surface area contributed by atoms with Crippen LogP contribution in [0.2, 0.25) is 0 Å². The number of ether oxygens (including phenoxy) is 3. The van der Waals surface area contributed by atoms with Gasteiger partial charge in [0.2, 0.25) is 0 Å². The van der Waals surface area contributed by atoms with Gasteiger partial charge in [-0.3, -0.25) is 0 Å². The average molecular weight is 327 g/mol. The Morgan fingerprint density at radius 1 is 1.39 bits per heavy atom. The second-order valence-electron chi connectivity index (χ2n) is 5.18. The van der Waals surface area contributed by atoms with Gasteiger partial charge in [0.15, 0.2) is 6.29 Å². The van der Waals surface area contributed by atoms with Crippen molar-refractivity contribution in [3.8, 4) is 0 Å². The van der Waals surface area contributed by atoms with E-state index in [-0.39, 0.29) is 6.61 Å². The third-order valence-corrected chi connectivity index (χ3v) is 3.58. The minimum absolute atomic E-state index is 0.0800. The van der Waals surface area contributed by atoms with E-state index in [1.807, 2.05) is 30.3 Å². The molecule has 128 valence electrons. The van der Waals surface area contributed by atoms with E-state index in [0.29, 0.717) is 0 Å². The summed E-state index contributed by atoms with van der Waals surface area (Å²) in [6.07, 6.45) is -5.30. The van der Waals surface area contributed by atoms with Crippen molar-refractivity contribution in [1.82, 2.24) is 5.32 Å². The van der Waals surface area contributed by atoms with E-state index in [4.69, 9.17) is 19.3 Å². The summed E-state index contributed by atoms with van der Waals surface area (Å²) < 4.78 is 15.4. The van der Waals surface area contributed by atoms with Crippen LogP contribution in [0.1, 0.15) is 5.56 Å². The SMILES string of the molecule is CO[C@@H]1O[C@H]([C@H](O)CO)[C@H](O)[C@H]1NC(=O)OCc1ccccc1. The number of benzene rings is 1. The number of methoxy groups -OCH3 is 1. The lowest BCUT2D eigenvalue weighted by Crippen LogP contribution is -2.49. The summed E-state index contributed by atoms with van der Waals surface area (Å²) in [6.45, 7) is -0.500. The third-order valence-electron chi connectivity index (χ3n) is 3.58. The summed E-state index contributed by atoms with van der Waals surface area (Å²) in [7, 11) is 1.34. The number of aliphatic hydroxyl groups is 3. The van der Waals surface area contributed by atoms with Gasteiger partial charge in [0.25, 0.3) is 0 Å². The molecule has 1 fully saturated rings. The molecule has 8 heteroatoms. The fourth-order valence-corrected chi connectivity index (χ4v) is 2.36. The van der Waals surface area contributed by atoms with E-state index in [0.717, 1.165) is 5.56 Å². The van der Waals surface area contributed by atoms with Crippen LogP contribution in [0.3, 0.4) is 0 Å². The first-order valence-corrected chi connectivity index (χ1v) is 7.19. The van der Waals surface area contributed by atoms with Crippen molar-refractivity contribution >= 4 is 6.09 Å². The number of hydrogen-bond donors (Lipinski definition) is 4. The first-order valence-electron chi connectivity index (χ1n) is 7.19.